The summed E-state index contributed by atoms with van der Waals surface area (Å²) < 4.78 is 10.7. The summed E-state index contributed by atoms with van der Waals surface area (Å²) in [4.78, 5) is 14.0. The zero-order chi connectivity index (χ0) is 13.3. The third kappa shape index (κ3) is 2.28. The van der Waals surface area contributed by atoms with Gasteiger partial charge in [-0.15, -0.1) is 0 Å². The van der Waals surface area contributed by atoms with Crippen LogP contribution < -0.4 is 0 Å². The van der Waals surface area contributed by atoms with Crippen molar-refractivity contribution in [3.63, 3.8) is 0 Å². The second-order valence-electron chi connectivity index (χ2n) is 4.76. The topological polar surface area (TPSA) is 62.9 Å². The van der Waals surface area contributed by atoms with Crippen LogP contribution in [0, 0.1) is 13.8 Å². The van der Waals surface area contributed by atoms with Gasteiger partial charge in [0.25, 0.3) is 5.91 Å². The van der Waals surface area contributed by atoms with Crippen LogP contribution in [0.1, 0.15) is 28.3 Å². The molecule has 1 aromatic heterocycles. The molecule has 0 aliphatic carbocycles. The Bertz CT molecular complexity index is 440. The number of rotatable bonds is 3. The summed E-state index contributed by atoms with van der Waals surface area (Å²) in [5.74, 6) is 0.917. The Balaban J connectivity index is 2.20. The van der Waals surface area contributed by atoms with E-state index in [2.05, 4.69) is 0 Å². The van der Waals surface area contributed by atoms with Gasteiger partial charge in [0.05, 0.1) is 18.8 Å². The number of aliphatic hydroxyl groups excluding tert-OH is 1. The number of nitrogens with zero attached hydrogens (tertiary/aromatic N) is 1. The van der Waals surface area contributed by atoms with Crippen molar-refractivity contribution in [1.82, 2.24) is 4.90 Å². The minimum absolute atomic E-state index is 0.0116. The zero-order valence-corrected chi connectivity index (χ0v) is 11.0. The van der Waals surface area contributed by atoms with Crippen LogP contribution in [0.4, 0.5) is 0 Å². The van der Waals surface area contributed by atoms with E-state index in [4.69, 9.17) is 9.15 Å². The van der Waals surface area contributed by atoms with E-state index >= 15 is 0 Å². The maximum atomic E-state index is 12.4. The first kappa shape index (κ1) is 13.1. The van der Waals surface area contributed by atoms with Gasteiger partial charge in [-0.1, -0.05) is 0 Å². The number of carbonyl (C=O) groups is 1. The molecule has 0 spiro atoms. The monoisotopic (exact) mass is 253 g/mol. The highest BCUT2D eigenvalue weighted by atomic mass is 16.5. The summed E-state index contributed by atoms with van der Waals surface area (Å²) in [6, 6.07) is 1.65. The standard InChI is InChI=1S/C13H19NO4/c1-8-4-9(2)18-12(8)13(16)14-6-11(17-3)5-10(14)7-15/h4,10-11,15H,5-7H2,1-3H3/t10-,11+/m0/s1. The van der Waals surface area contributed by atoms with Crippen LogP contribution in [0.2, 0.25) is 0 Å². The molecule has 0 aromatic carbocycles. The predicted molar refractivity (Wildman–Crippen MR) is 65.5 cm³/mol. The molecular weight excluding hydrogens is 234 g/mol. The van der Waals surface area contributed by atoms with Crippen molar-refractivity contribution in [1.29, 1.82) is 0 Å². The number of likely N-dealkylation sites (tertiary alicyclic amines) is 1. The van der Waals surface area contributed by atoms with Crippen molar-refractivity contribution in [2.75, 3.05) is 20.3 Å². The molecule has 1 fully saturated rings. The number of amides is 1. The molecule has 1 saturated heterocycles. The van der Waals surface area contributed by atoms with E-state index in [1.54, 1.807) is 12.0 Å². The normalized spacial score (nSPS) is 23.7. The summed E-state index contributed by atoms with van der Waals surface area (Å²) in [5.41, 5.74) is 0.829. The van der Waals surface area contributed by atoms with Gasteiger partial charge in [-0.2, -0.15) is 0 Å². The zero-order valence-electron chi connectivity index (χ0n) is 11.0. The maximum absolute atomic E-state index is 12.4. The SMILES string of the molecule is CO[C@@H]1C[C@@H](CO)N(C(=O)c2oc(C)cc2C)C1. The van der Waals surface area contributed by atoms with Crippen molar-refractivity contribution >= 4 is 5.91 Å². The molecule has 1 aliphatic rings. The molecule has 5 nitrogen and oxygen atoms in total. The number of furan rings is 1. The first-order chi connectivity index (χ1) is 8.56. The molecule has 2 rings (SSSR count). The van der Waals surface area contributed by atoms with E-state index in [1.807, 2.05) is 19.9 Å². The molecule has 0 unspecified atom stereocenters. The van der Waals surface area contributed by atoms with Crippen molar-refractivity contribution in [3.8, 4) is 0 Å². The Morgan fingerprint density at radius 1 is 1.61 bits per heavy atom. The highest BCUT2D eigenvalue weighted by molar-refractivity contribution is 5.93. The maximum Gasteiger partial charge on any atom is 0.290 e. The lowest BCUT2D eigenvalue weighted by molar-refractivity contribution is 0.0615. The van der Waals surface area contributed by atoms with Crippen molar-refractivity contribution in [2.45, 2.75) is 32.4 Å². The minimum atomic E-state index is -0.188. The van der Waals surface area contributed by atoms with E-state index < -0.39 is 0 Å². The summed E-state index contributed by atoms with van der Waals surface area (Å²) in [6.07, 6.45) is 0.653. The van der Waals surface area contributed by atoms with E-state index in [0.29, 0.717) is 18.7 Å². The molecule has 0 saturated carbocycles. The van der Waals surface area contributed by atoms with Gasteiger partial charge < -0.3 is 19.2 Å². The first-order valence-corrected chi connectivity index (χ1v) is 6.08. The van der Waals surface area contributed by atoms with Crippen LogP contribution in [0.5, 0.6) is 0 Å². The lowest BCUT2D eigenvalue weighted by Crippen LogP contribution is -2.38. The lowest BCUT2D eigenvalue weighted by Gasteiger charge is -2.21. The van der Waals surface area contributed by atoms with Gasteiger partial charge in [0.2, 0.25) is 0 Å². The van der Waals surface area contributed by atoms with Gasteiger partial charge in [-0.25, -0.2) is 0 Å². The fraction of sp³-hybridized carbons (Fsp3) is 0.615. The van der Waals surface area contributed by atoms with Gasteiger partial charge in [0.1, 0.15) is 5.76 Å². The van der Waals surface area contributed by atoms with Crippen LogP contribution in [0.25, 0.3) is 0 Å². The molecule has 1 aromatic rings. The van der Waals surface area contributed by atoms with Crippen LogP contribution in [-0.4, -0.2) is 48.3 Å². The van der Waals surface area contributed by atoms with E-state index in [-0.39, 0.29) is 24.7 Å². The minimum Gasteiger partial charge on any atom is -0.456 e. The molecule has 2 atom stereocenters. The number of methoxy groups -OCH3 is 1. The van der Waals surface area contributed by atoms with Crippen LogP contribution in [0.15, 0.2) is 10.5 Å². The molecule has 1 N–H and O–H groups in total. The molecule has 1 amide bonds. The Morgan fingerprint density at radius 2 is 2.33 bits per heavy atom. The van der Waals surface area contributed by atoms with Crippen molar-refractivity contribution in [3.05, 3.63) is 23.2 Å². The van der Waals surface area contributed by atoms with Gasteiger partial charge in [0.15, 0.2) is 5.76 Å². The molecule has 18 heavy (non-hydrogen) atoms. The van der Waals surface area contributed by atoms with Gasteiger partial charge in [-0.05, 0) is 26.3 Å². The Morgan fingerprint density at radius 3 is 2.83 bits per heavy atom. The molecule has 2 heterocycles. The van der Waals surface area contributed by atoms with E-state index in [1.165, 1.54) is 0 Å². The number of hydrogen-bond acceptors (Lipinski definition) is 4. The Kier molecular flexibility index (Phi) is 3.73. The van der Waals surface area contributed by atoms with Crippen LogP contribution in [-0.2, 0) is 4.74 Å². The molecule has 100 valence electrons. The number of ether oxygens (including phenoxy) is 1. The molecule has 0 radical (unpaired) electrons. The van der Waals surface area contributed by atoms with Gasteiger partial charge in [-0.3, -0.25) is 4.79 Å². The average molecular weight is 253 g/mol. The molecular formula is C13H19NO4. The largest absolute Gasteiger partial charge is 0.456 e. The van der Waals surface area contributed by atoms with Gasteiger partial charge in [0, 0.05) is 19.2 Å². The number of hydrogen-bond donors (Lipinski definition) is 1. The Hall–Kier alpha value is -1.33. The van der Waals surface area contributed by atoms with Crippen molar-refractivity contribution in [2.24, 2.45) is 0 Å². The Labute approximate surface area is 106 Å². The second-order valence-corrected chi connectivity index (χ2v) is 4.76. The predicted octanol–water partition coefficient (Wildman–Crippen LogP) is 1.12. The number of carbonyl (C=O) groups excluding carboxylic acids is 1. The fourth-order valence-corrected chi connectivity index (χ4v) is 2.45. The van der Waals surface area contributed by atoms with Gasteiger partial charge >= 0.3 is 0 Å². The average Bonchev–Trinajstić information content (AvgIpc) is 2.91. The number of aryl methyl sites for hydroxylation is 2. The summed E-state index contributed by atoms with van der Waals surface area (Å²) in [6.45, 7) is 4.11. The van der Waals surface area contributed by atoms with E-state index in [9.17, 15) is 9.90 Å². The lowest BCUT2D eigenvalue weighted by atomic mass is 10.2. The van der Waals surface area contributed by atoms with Crippen molar-refractivity contribution < 1.29 is 19.1 Å². The molecule has 5 heteroatoms. The highest BCUT2D eigenvalue weighted by Crippen LogP contribution is 2.24. The smallest absolute Gasteiger partial charge is 0.290 e. The molecule has 1 aliphatic heterocycles. The summed E-state index contributed by atoms with van der Waals surface area (Å²) in [7, 11) is 1.62. The quantitative estimate of drug-likeness (QED) is 0.876. The summed E-state index contributed by atoms with van der Waals surface area (Å²) in [5, 5.41) is 9.34. The number of aliphatic hydroxyl groups is 1. The third-order valence-corrected chi connectivity index (χ3v) is 3.42. The summed E-state index contributed by atoms with van der Waals surface area (Å²) >= 11 is 0. The van der Waals surface area contributed by atoms with E-state index in [0.717, 1.165) is 11.3 Å². The highest BCUT2D eigenvalue weighted by Gasteiger charge is 2.36. The first-order valence-electron chi connectivity index (χ1n) is 6.08. The van der Waals surface area contributed by atoms with Crippen LogP contribution in [0.3, 0.4) is 0 Å². The fourth-order valence-electron chi connectivity index (χ4n) is 2.45. The van der Waals surface area contributed by atoms with Crippen LogP contribution >= 0.6 is 0 Å². The molecule has 0 bridgehead atoms. The second kappa shape index (κ2) is 5.12. The third-order valence-electron chi connectivity index (χ3n) is 3.42.